The minimum Gasteiger partial charge on any atom is -0.338 e. The molecule has 0 radical (unpaired) electrons. The Kier molecular flexibility index (Phi) is 5.55. The summed E-state index contributed by atoms with van der Waals surface area (Å²) in [5.74, 6) is 0.765. The lowest BCUT2D eigenvalue weighted by molar-refractivity contribution is 0.0875. The van der Waals surface area contributed by atoms with Crippen LogP contribution in [0, 0.1) is 6.92 Å². The number of amides is 1. The molecule has 0 aliphatic carbocycles. The quantitative estimate of drug-likeness (QED) is 0.442. The predicted molar refractivity (Wildman–Crippen MR) is 124 cm³/mol. The van der Waals surface area contributed by atoms with Crippen LogP contribution >= 0.6 is 0 Å². The first-order chi connectivity index (χ1) is 14.5. The molecule has 3 aromatic carbocycles. The number of imidazole rings is 1. The van der Waals surface area contributed by atoms with Crippen molar-refractivity contribution in [2.75, 3.05) is 13.1 Å². The molecule has 1 aromatic heterocycles. The molecule has 5 heteroatoms. The van der Waals surface area contributed by atoms with Gasteiger partial charge in [-0.05, 0) is 67.5 Å². The van der Waals surface area contributed by atoms with Gasteiger partial charge >= 0.3 is 0 Å². The molecule has 1 unspecified atom stereocenters. The van der Waals surface area contributed by atoms with Crippen molar-refractivity contribution >= 4 is 27.7 Å². The fraction of sp³-hybridized carbons (Fsp3) is 0.280. The van der Waals surface area contributed by atoms with E-state index in [1.807, 2.05) is 44.2 Å². The number of benzene rings is 3. The van der Waals surface area contributed by atoms with Crippen LogP contribution in [0.2, 0.25) is 0 Å². The number of carbonyl (C=O) groups excluding carboxylic acids is 1. The van der Waals surface area contributed by atoms with E-state index < -0.39 is 0 Å². The molecule has 0 spiro atoms. The van der Waals surface area contributed by atoms with Gasteiger partial charge in [0.15, 0.2) is 0 Å². The minimum atomic E-state index is -0.0556. The van der Waals surface area contributed by atoms with Gasteiger partial charge in [0, 0.05) is 11.1 Å². The highest BCUT2D eigenvalue weighted by Crippen LogP contribution is 2.27. The topological polar surface area (TPSA) is 61.0 Å². The number of aromatic nitrogens is 2. The fourth-order valence-corrected chi connectivity index (χ4v) is 4.03. The molecule has 154 valence electrons. The average molecular weight is 401 g/mol. The normalized spacial score (nSPS) is 12.6. The van der Waals surface area contributed by atoms with E-state index in [4.69, 9.17) is 4.98 Å². The summed E-state index contributed by atoms with van der Waals surface area (Å²) >= 11 is 0. The van der Waals surface area contributed by atoms with Crippen molar-refractivity contribution < 1.29 is 4.79 Å². The Balaban J connectivity index is 1.61. The first-order valence-electron chi connectivity index (χ1n) is 10.5. The standard InChI is InChI=1S/C25H28N4O/c1-5-29(6-2)17(4)26-25(30)20-11-12-21(16(3)13-20)24-27-22-14-18-9-7-8-10-19(18)15-23(22)28-24/h7-15,17H,5-6H2,1-4H3,(H,26,30)(H,27,28). The summed E-state index contributed by atoms with van der Waals surface area (Å²) in [6.07, 6.45) is -0.00279. The second kappa shape index (κ2) is 8.28. The van der Waals surface area contributed by atoms with Gasteiger partial charge in [0.25, 0.3) is 5.91 Å². The van der Waals surface area contributed by atoms with Gasteiger partial charge in [0.05, 0.1) is 17.2 Å². The molecule has 0 fully saturated rings. The lowest BCUT2D eigenvalue weighted by Gasteiger charge is -2.27. The zero-order valence-corrected chi connectivity index (χ0v) is 18.0. The third kappa shape index (κ3) is 3.81. The molecule has 0 aliphatic heterocycles. The summed E-state index contributed by atoms with van der Waals surface area (Å²) in [5.41, 5.74) is 4.64. The molecule has 1 heterocycles. The Morgan fingerprint density at radius 1 is 1.07 bits per heavy atom. The van der Waals surface area contributed by atoms with Crippen LogP contribution < -0.4 is 5.32 Å². The first kappa shape index (κ1) is 20.1. The van der Waals surface area contributed by atoms with Crippen molar-refractivity contribution in [1.82, 2.24) is 20.2 Å². The molecule has 0 bridgehead atoms. The molecular formula is C25H28N4O. The fourth-order valence-electron chi connectivity index (χ4n) is 4.03. The molecule has 1 atom stereocenters. The summed E-state index contributed by atoms with van der Waals surface area (Å²) in [7, 11) is 0. The Hall–Kier alpha value is -3.18. The van der Waals surface area contributed by atoms with Crippen LogP contribution in [-0.4, -0.2) is 40.0 Å². The number of H-pyrrole nitrogens is 1. The summed E-state index contributed by atoms with van der Waals surface area (Å²) in [5, 5.41) is 5.45. The summed E-state index contributed by atoms with van der Waals surface area (Å²) in [4.78, 5) is 23.1. The number of hydrogen-bond acceptors (Lipinski definition) is 3. The minimum absolute atomic E-state index is 0.00279. The Morgan fingerprint density at radius 3 is 2.43 bits per heavy atom. The molecule has 30 heavy (non-hydrogen) atoms. The van der Waals surface area contributed by atoms with E-state index in [9.17, 15) is 4.79 Å². The Morgan fingerprint density at radius 2 is 1.77 bits per heavy atom. The monoisotopic (exact) mass is 400 g/mol. The Bertz CT molecular complexity index is 1150. The predicted octanol–water partition coefficient (Wildman–Crippen LogP) is 5.11. The van der Waals surface area contributed by atoms with Gasteiger partial charge < -0.3 is 10.3 Å². The maximum Gasteiger partial charge on any atom is 0.252 e. The molecule has 4 rings (SSSR count). The molecular weight excluding hydrogens is 372 g/mol. The van der Waals surface area contributed by atoms with E-state index in [0.29, 0.717) is 5.56 Å². The van der Waals surface area contributed by atoms with E-state index in [1.165, 1.54) is 10.8 Å². The highest BCUT2D eigenvalue weighted by atomic mass is 16.1. The Labute approximate surface area is 177 Å². The average Bonchev–Trinajstić information content (AvgIpc) is 3.15. The largest absolute Gasteiger partial charge is 0.338 e. The van der Waals surface area contributed by atoms with Crippen LogP contribution in [0.3, 0.4) is 0 Å². The van der Waals surface area contributed by atoms with E-state index in [1.54, 1.807) is 0 Å². The number of aryl methyl sites for hydroxylation is 1. The smallest absolute Gasteiger partial charge is 0.252 e. The molecule has 5 nitrogen and oxygen atoms in total. The van der Waals surface area contributed by atoms with Crippen molar-refractivity contribution in [2.24, 2.45) is 0 Å². The third-order valence-corrected chi connectivity index (χ3v) is 5.79. The highest BCUT2D eigenvalue weighted by molar-refractivity contribution is 5.97. The lowest BCUT2D eigenvalue weighted by Crippen LogP contribution is -2.46. The zero-order valence-electron chi connectivity index (χ0n) is 18.0. The van der Waals surface area contributed by atoms with Gasteiger partial charge in [-0.15, -0.1) is 0 Å². The summed E-state index contributed by atoms with van der Waals surface area (Å²) in [6.45, 7) is 10.0. The zero-order chi connectivity index (χ0) is 21.3. The number of carbonyl (C=O) groups is 1. The van der Waals surface area contributed by atoms with Gasteiger partial charge in [-0.1, -0.05) is 44.2 Å². The van der Waals surface area contributed by atoms with Crippen LogP contribution in [0.15, 0.2) is 54.6 Å². The van der Waals surface area contributed by atoms with Gasteiger partial charge in [0.2, 0.25) is 0 Å². The van der Waals surface area contributed by atoms with Crippen LogP contribution in [0.5, 0.6) is 0 Å². The number of rotatable bonds is 6. The lowest BCUT2D eigenvalue weighted by atomic mass is 10.0. The molecule has 0 aliphatic rings. The van der Waals surface area contributed by atoms with Crippen LogP contribution in [0.25, 0.3) is 33.2 Å². The number of nitrogens with one attached hydrogen (secondary N) is 2. The van der Waals surface area contributed by atoms with E-state index >= 15 is 0 Å². The second-order valence-electron chi connectivity index (χ2n) is 7.70. The number of fused-ring (bicyclic) bond motifs is 2. The van der Waals surface area contributed by atoms with Gasteiger partial charge in [-0.3, -0.25) is 9.69 Å². The van der Waals surface area contributed by atoms with Crippen molar-refractivity contribution in [3.05, 3.63) is 65.7 Å². The number of nitrogens with zero attached hydrogens (tertiary/aromatic N) is 2. The SMILES string of the molecule is CCN(CC)C(C)NC(=O)c1ccc(-c2nc3cc4ccccc4cc3[nH]2)c(C)c1. The van der Waals surface area contributed by atoms with Crippen LogP contribution in [0.1, 0.15) is 36.7 Å². The molecule has 1 amide bonds. The molecule has 0 saturated heterocycles. The highest BCUT2D eigenvalue weighted by Gasteiger charge is 2.16. The first-order valence-corrected chi connectivity index (χ1v) is 10.5. The molecule has 4 aromatic rings. The third-order valence-electron chi connectivity index (χ3n) is 5.79. The maximum absolute atomic E-state index is 12.7. The van der Waals surface area contributed by atoms with Crippen molar-refractivity contribution in [1.29, 1.82) is 0 Å². The number of hydrogen-bond donors (Lipinski definition) is 2. The number of aromatic amines is 1. The summed E-state index contributed by atoms with van der Waals surface area (Å²) < 4.78 is 0. The summed E-state index contributed by atoms with van der Waals surface area (Å²) in [6, 6.07) is 18.3. The van der Waals surface area contributed by atoms with Crippen molar-refractivity contribution in [3.63, 3.8) is 0 Å². The maximum atomic E-state index is 12.7. The van der Waals surface area contributed by atoms with Crippen molar-refractivity contribution in [2.45, 2.75) is 33.9 Å². The second-order valence-corrected chi connectivity index (χ2v) is 7.70. The van der Waals surface area contributed by atoms with Crippen LogP contribution in [-0.2, 0) is 0 Å². The van der Waals surface area contributed by atoms with Gasteiger partial charge in [0.1, 0.15) is 5.82 Å². The van der Waals surface area contributed by atoms with Gasteiger partial charge in [-0.25, -0.2) is 4.98 Å². The molecule has 0 saturated carbocycles. The van der Waals surface area contributed by atoms with E-state index in [2.05, 4.69) is 53.3 Å². The van der Waals surface area contributed by atoms with E-state index in [-0.39, 0.29) is 12.1 Å². The van der Waals surface area contributed by atoms with E-state index in [0.717, 1.165) is 41.1 Å². The van der Waals surface area contributed by atoms with Gasteiger partial charge in [-0.2, -0.15) is 0 Å². The van der Waals surface area contributed by atoms with Crippen LogP contribution in [0.4, 0.5) is 0 Å². The molecule has 2 N–H and O–H groups in total. The van der Waals surface area contributed by atoms with Crippen molar-refractivity contribution in [3.8, 4) is 11.4 Å².